The fourth-order valence-electron chi connectivity index (χ4n) is 9.99. The first-order chi connectivity index (χ1) is 32.8. The van der Waals surface area contributed by atoms with Crippen LogP contribution in [0.2, 0.25) is 0 Å². The molecule has 0 spiro atoms. The van der Waals surface area contributed by atoms with Crippen molar-refractivity contribution in [1.29, 1.82) is 0 Å². The Morgan fingerprint density at radius 2 is 0.746 bits per heavy atom. The molecule has 0 aromatic carbocycles. The second kappa shape index (κ2) is 48.8. The van der Waals surface area contributed by atoms with Gasteiger partial charge < -0.3 is 40.3 Å². The molecule has 7 atom stereocenters. The van der Waals surface area contributed by atoms with Gasteiger partial charge in [0.2, 0.25) is 5.91 Å². The van der Waals surface area contributed by atoms with Gasteiger partial charge in [-0.3, -0.25) is 4.79 Å². The van der Waals surface area contributed by atoms with Gasteiger partial charge in [-0.05, 0) is 12.8 Å². The predicted molar refractivity (Wildman–Crippen MR) is 281 cm³/mol. The van der Waals surface area contributed by atoms with Crippen LogP contribution in [0.25, 0.3) is 0 Å². The Morgan fingerprint density at radius 3 is 1.06 bits per heavy atom. The van der Waals surface area contributed by atoms with E-state index in [9.17, 15) is 30.3 Å². The van der Waals surface area contributed by atoms with E-state index in [-0.39, 0.29) is 12.5 Å². The van der Waals surface area contributed by atoms with E-state index in [1.807, 2.05) is 0 Å². The van der Waals surface area contributed by atoms with Gasteiger partial charge in [0.25, 0.3) is 0 Å². The Morgan fingerprint density at radius 1 is 0.448 bits per heavy atom. The fourth-order valence-corrected chi connectivity index (χ4v) is 9.99. The zero-order valence-corrected chi connectivity index (χ0v) is 44.4. The average molecular weight is 955 g/mol. The number of aliphatic hydroxyl groups excluding tert-OH is 5. The number of hydrogen-bond acceptors (Lipinski definition) is 8. The van der Waals surface area contributed by atoms with Crippen molar-refractivity contribution in [2.45, 2.75) is 352 Å². The van der Waals surface area contributed by atoms with E-state index in [0.29, 0.717) is 12.8 Å². The molecule has 0 aromatic heterocycles. The van der Waals surface area contributed by atoms with Crippen LogP contribution < -0.4 is 5.32 Å². The highest BCUT2D eigenvalue weighted by Gasteiger charge is 2.44. The highest BCUT2D eigenvalue weighted by Crippen LogP contribution is 2.23. The first-order valence-corrected chi connectivity index (χ1v) is 29.7. The number of carbonyl (C=O) groups excluding carboxylic acids is 1. The Labute approximate surface area is 414 Å². The summed E-state index contributed by atoms with van der Waals surface area (Å²) in [5.41, 5.74) is 0. The summed E-state index contributed by atoms with van der Waals surface area (Å²) in [5, 5.41) is 54.6. The standard InChI is InChI=1S/C58H115NO8/c1-3-5-7-9-11-13-15-17-18-19-20-21-22-23-24-25-26-27-28-29-30-31-32-33-34-36-38-40-42-44-46-48-54(62)59-51(50-66-58-57(65)56(64)55(63)53(49-60)67-58)52(61)47-45-43-41-39-37-35-16-14-12-10-8-6-4-2/h51-53,55-58,60-61,63-65H,3-50H2,1-2H3,(H,59,62)/t51-,52+,53+,55+,56?,57?,58+/m0/s1. The van der Waals surface area contributed by atoms with Gasteiger partial charge in [0.05, 0.1) is 25.4 Å². The van der Waals surface area contributed by atoms with Crippen molar-refractivity contribution < 1.29 is 39.8 Å². The second-order valence-electron chi connectivity index (χ2n) is 21.2. The highest BCUT2D eigenvalue weighted by atomic mass is 16.7. The van der Waals surface area contributed by atoms with Crippen molar-refractivity contribution in [2.75, 3.05) is 13.2 Å². The van der Waals surface area contributed by atoms with E-state index in [4.69, 9.17) is 9.47 Å². The highest BCUT2D eigenvalue weighted by molar-refractivity contribution is 5.76. The third-order valence-corrected chi connectivity index (χ3v) is 14.7. The quantitative estimate of drug-likeness (QED) is 0.0330. The molecule has 1 aliphatic rings. The Balaban J connectivity index is 2.08. The molecular formula is C58H115NO8. The number of rotatable bonds is 52. The fraction of sp³-hybridized carbons (Fsp3) is 0.983. The van der Waals surface area contributed by atoms with Gasteiger partial charge >= 0.3 is 0 Å². The number of aliphatic hydroxyl groups is 5. The molecule has 1 aliphatic heterocycles. The Kier molecular flexibility index (Phi) is 46.8. The molecule has 6 N–H and O–H groups in total. The lowest BCUT2D eigenvalue weighted by Gasteiger charge is -2.40. The van der Waals surface area contributed by atoms with Crippen LogP contribution in [0.5, 0.6) is 0 Å². The van der Waals surface area contributed by atoms with Gasteiger partial charge in [-0.15, -0.1) is 0 Å². The van der Waals surface area contributed by atoms with E-state index < -0.39 is 49.5 Å². The minimum absolute atomic E-state index is 0.131. The number of unbranched alkanes of at least 4 members (excludes halogenated alkanes) is 42. The Hall–Kier alpha value is -0.810. The van der Waals surface area contributed by atoms with Crippen LogP contribution in [0, 0.1) is 0 Å². The lowest BCUT2D eigenvalue weighted by molar-refractivity contribution is -0.302. The molecular weight excluding hydrogens is 839 g/mol. The van der Waals surface area contributed by atoms with Crippen molar-refractivity contribution in [3.63, 3.8) is 0 Å². The van der Waals surface area contributed by atoms with E-state index in [0.717, 1.165) is 38.5 Å². The summed E-state index contributed by atoms with van der Waals surface area (Å²) < 4.78 is 11.3. The second-order valence-corrected chi connectivity index (χ2v) is 21.2. The van der Waals surface area contributed by atoms with Crippen LogP contribution in [0.3, 0.4) is 0 Å². The normalized spacial score (nSPS) is 19.5. The molecule has 2 unspecified atom stereocenters. The van der Waals surface area contributed by atoms with Crippen LogP contribution >= 0.6 is 0 Å². The van der Waals surface area contributed by atoms with Gasteiger partial charge in [0, 0.05) is 6.42 Å². The van der Waals surface area contributed by atoms with Crippen molar-refractivity contribution in [1.82, 2.24) is 5.32 Å². The van der Waals surface area contributed by atoms with Crippen LogP contribution in [-0.4, -0.2) is 87.5 Å². The first kappa shape index (κ1) is 64.2. The summed E-state index contributed by atoms with van der Waals surface area (Å²) in [5.74, 6) is -0.137. The lowest BCUT2D eigenvalue weighted by atomic mass is 9.99. The monoisotopic (exact) mass is 954 g/mol. The maximum absolute atomic E-state index is 13.1. The number of amides is 1. The van der Waals surface area contributed by atoms with Crippen LogP contribution in [0.4, 0.5) is 0 Å². The van der Waals surface area contributed by atoms with E-state index in [1.54, 1.807) is 0 Å². The van der Waals surface area contributed by atoms with Gasteiger partial charge in [-0.2, -0.15) is 0 Å². The SMILES string of the molecule is CCCCCCCCCCCCCCCCCCCCCCCCCCCCCCCCCC(=O)N[C@@H](CO[C@@H]1O[C@H](CO)[C@@H](O)C(O)C1O)[C@H](O)CCCCCCCCCCCCCCC. The summed E-state index contributed by atoms with van der Waals surface area (Å²) in [4.78, 5) is 13.1. The van der Waals surface area contributed by atoms with Crippen LogP contribution in [0.1, 0.15) is 309 Å². The summed E-state index contributed by atoms with van der Waals surface area (Å²) in [6.07, 6.45) is 51.6. The van der Waals surface area contributed by atoms with Crippen molar-refractivity contribution >= 4 is 5.91 Å². The molecule has 0 bridgehead atoms. The summed E-state index contributed by atoms with van der Waals surface area (Å²) in [7, 11) is 0. The van der Waals surface area contributed by atoms with Gasteiger partial charge in [-0.1, -0.05) is 290 Å². The third-order valence-electron chi connectivity index (χ3n) is 14.7. The lowest BCUT2D eigenvalue weighted by Crippen LogP contribution is -2.60. The molecule has 0 aromatic rings. The smallest absolute Gasteiger partial charge is 0.220 e. The topological polar surface area (TPSA) is 149 Å². The zero-order chi connectivity index (χ0) is 48.7. The van der Waals surface area contributed by atoms with Crippen LogP contribution in [-0.2, 0) is 14.3 Å². The van der Waals surface area contributed by atoms with Crippen LogP contribution in [0.15, 0.2) is 0 Å². The largest absolute Gasteiger partial charge is 0.394 e. The molecule has 1 fully saturated rings. The predicted octanol–water partition coefficient (Wildman–Crippen LogP) is 14.6. The molecule has 1 heterocycles. The van der Waals surface area contributed by atoms with E-state index in [2.05, 4.69) is 19.2 Å². The molecule has 67 heavy (non-hydrogen) atoms. The van der Waals surface area contributed by atoms with Gasteiger partial charge in [0.15, 0.2) is 6.29 Å². The molecule has 400 valence electrons. The molecule has 1 rings (SSSR count). The van der Waals surface area contributed by atoms with E-state index >= 15 is 0 Å². The molecule has 0 saturated carbocycles. The molecule has 1 saturated heterocycles. The van der Waals surface area contributed by atoms with Gasteiger partial charge in [0.1, 0.15) is 24.4 Å². The number of hydrogen-bond donors (Lipinski definition) is 6. The molecule has 9 nitrogen and oxygen atoms in total. The summed E-state index contributed by atoms with van der Waals surface area (Å²) >= 11 is 0. The zero-order valence-electron chi connectivity index (χ0n) is 44.4. The number of ether oxygens (including phenoxy) is 2. The van der Waals surface area contributed by atoms with Crippen molar-refractivity contribution in [3.8, 4) is 0 Å². The third kappa shape index (κ3) is 38.5. The molecule has 0 aliphatic carbocycles. The van der Waals surface area contributed by atoms with Gasteiger partial charge in [-0.25, -0.2) is 0 Å². The maximum atomic E-state index is 13.1. The van der Waals surface area contributed by atoms with Crippen molar-refractivity contribution in [2.24, 2.45) is 0 Å². The van der Waals surface area contributed by atoms with Crippen molar-refractivity contribution in [3.05, 3.63) is 0 Å². The number of nitrogens with one attached hydrogen (secondary N) is 1. The summed E-state index contributed by atoms with van der Waals surface area (Å²) in [6, 6.07) is -0.712. The minimum Gasteiger partial charge on any atom is -0.394 e. The average Bonchev–Trinajstić information content (AvgIpc) is 3.33. The molecule has 9 heteroatoms. The van der Waals surface area contributed by atoms with E-state index in [1.165, 1.54) is 244 Å². The maximum Gasteiger partial charge on any atom is 0.220 e. The Bertz CT molecular complexity index is 1020. The number of carbonyl (C=O) groups is 1. The molecule has 1 amide bonds. The minimum atomic E-state index is -1.55. The summed E-state index contributed by atoms with van der Waals surface area (Å²) in [6.45, 7) is 3.87. The molecule has 0 radical (unpaired) electrons. The first-order valence-electron chi connectivity index (χ1n) is 29.7.